The molecule has 0 saturated carbocycles. The van der Waals surface area contributed by atoms with E-state index < -0.39 is 5.54 Å². The molecule has 0 unspecified atom stereocenters. The summed E-state index contributed by atoms with van der Waals surface area (Å²) in [4.78, 5) is 28.3. The van der Waals surface area contributed by atoms with Gasteiger partial charge in [-0.15, -0.1) is 0 Å². The van der Waals surface area contributed by atoms with E-state index in [-0.39, 0.29) is 18.4 Å². The first kappa shape index (κ1) is 19.8. The molecule has 0 N–H and O–H groups in total. The topological polar surface area (TPSA) is 53.8 Å². The maximum atomic E-state index is 12.9. The summed E-state index contributed by atoms with van der Waals surface area (Å²) in [6, 6.07) is 13.7. The summed E-state index contributed by atoms with van der Waals surface area (Å²) in [7, 11) is 0. The van der Waals surface area contributed by atoms with Crippen molar-refractivity contribution in [1.82, 2.24) is 9.80 Å². The second-order valence-electron chi connectivity index (χ2n) is 7.41. The van der Waals surface area contributed by atoms with E-state index in [2.05, 4.69) is 0 Å². The summed E-state index contributed by atoms with van der Waals surface area (Å²) in [5, 5.41) is 0. The molecule has 5 nitrogen and oxygen atoms in total. The number of carbonyl (C=O) groups is 2. The van der Waals surface area contributed by atoms with Crippen molar-refractivity contribution >= 4 is 11.8 Å². The van der Waals surface area contributed by atoms with Crippen molar-refractivity contribution in [2.75, 3.05) is 13.1 Å². The molecule has 140 valence electrons. The highest BCUT2D eigenvalue weighted by molar-refractivity contribution is 5.84. The second-order valence-corrected chi connectivity index (χ2v) is 7.41. The van der Waals surface area contributed by atoms with Crippen LogP contribution in [0.4, 0.5) is 0 Å². The number of nitrogens with zero attached hydrogens (tertiary/aromatic N) is 2. The van der Waals surface area contributed by atoms with Crippen molar-refractivity contribution in [1.29, 1.82) is 0 Å². The van der Waals surface area contributed by atoms with E-state index in [0.717, 1.165) is 12.2 Å². The van der Waals surface area contributed by atoms with E-state index in [1.165, 1.54) is 12.5 Å². The third kappa shape index (κ3) is 5.76. The van der Waals surface area contributed by atoms with Crippen LogP contribution < -0.4 is 0 Å². The number of hydrogen-bond acceptors (Lipinski definition) is 3. The van der Waals surface area contributed by atoms with E-state index in [1.54, 1.807) is 16.1 Å². The van der Waals surface area contributed by atoms with Crippen molar-refractivity contribution in [3.05, 3.63) is 60.1 Å². The molecule has 0 saturated heterocycles. The Morgan fingerprint density at radius 1 is 1.04 bits per heavy atom. The van der Waals surface area contributed by atoms with Gasteiger partial charge in [-0.3, -0.25) is 9.59 Å². The molecule has 0 atom stereocenters. The number of rotatable bonds is 7. The molecular formula is C21H28N2O3. The van der Waals surface area contributed by atoms with Gasteiger partial charge in [0, 0.05) is 19.0 Å². The quantitative estimate of drug-likeness (QED) is 0.763. The predicted octanol–water partition coefficient (Wildman–Crippen LogP) is 3.50. The Bertz CT molecular complexity index is 703. The summed E-state index contributed by atoms with van der Waals surface area (Å²) in [6.07, 6.45) is 2.36. The molecule has 0 radical (unpaired) electrons. The molecule has 1 heterocycles. The van der Waals surface area contributed by atoms with Gasteiger partial charge in [0.05, 0.1) is 12.8 Å². The van der Waals surface area contributed by atoms with Crippen LogP contribution in [0.15, 0.2) is 53.1 Å². The maximum absolute atomic E-state index is 12.9. The summed E-state index contributed by atoms with van der Waals surface area (Å²) in [6.45, 7) is 8.33. The fourth-order valence-electron chi connectivity index (χ4n) is 2.85. The first-order valence-electron chi connectivity index (χ1n) is 8.89. The van der Waals surface area contributed by atoms with E-state index in [0.29, 0.717) is 13.1 Å². The summed E-state index contributed by atoms with van der Waals surface area (Å²) in [5.41, 5.74) is 0.765. The van der Waals surface area contributed by atoms with Gasteiger partial charge in [0.2, 0.25) is 11.8 Å². The zero-order valence-corrected chi connectivity index (χ0v) is 16.1. The number of carbonyl (C=O) groups excluding carboxylic acids is 2. The van der Waals surface area contributed by atoms with Crippen LogP contribution in [0.25, 0.3) is 0 Å². The highest BCUT2D eigenvalue weighted by Gasteiger charge is 2.28. The van der Waals surface area contributed by atoms with E-state index in [4.69, 9.17) is 4.42 Å². The normalized spacial score (nSPS) is 11.2. The molecule has 2 rings (SSSR count). The lowest BCUT2D eigenvalue weighted by Gasteiger charge is -2.36. The SMILES string of the molecule is CC(=O)N(CC(=O)N(CCc1ccccc1)Cc1ccco1)C(C)(C)C. The fraction of sp³-hybridized carbons (Fsp3) is 0.429. The average molecular weight is 356 g/mol. The minimum atomic E-state index is -0.405. The molecular weight excluding hydrogens is 328 g/mol. The van der Waals surface area contributed by atoms with Crippen molar-refractivity contribution in [3.63, 3.8) is 0 Å². The number of furan rings is 1. The summed E-state index contributed by atoms with van der Waals surface area (Å²) >= 11 is 0. The molecule has 26 heavy (non-hydrogen) atoms. The predicted molar refractivity (Wildman–Crippen MR) is 101 cm³/mol. The van der Waals surface area contributed by atoms with Crippen molar-refractivity contribution in [2.45, 2.75) is 46.2 Å². The van der Waals surface area contributed by atoms with Gasteiger partial charge in [0.1, 0.15) is 12.3 Å². The zero-order chi connectivity index (χ0) is 19.2. The Labute approximate surface area is 155 Å². The molecule has 0 fully saturated rings. The van der Waals surface area contributed by atoms with Crippen LogP contribution in [-0.4, -0.2) is 40.2 Å². The van der Waals surface area contributed by atoms with Gasteiger partial charge in [-0.05, 0) is 44.9 Å². The molecule has 0 aliphatic carbocycles. The Hall–Kier alpha value is -2.56. The van der Waals surface area contributed by atoms with Crippen LogP contribution in [0, 0.1) is 0 Å². The Balaban J connectivity index is 2.10. The van der Waals surface area contributed by atoms with Gasteiger partial charge in [-0.2, -0.15) is 0 Å². The standard InChI is InChI=1S/C21H28N2O3/c1-17(24)23(21(2,3)4)16-20(25)22(15-19-11-8-14-26-19)13-12-18-9-6-5-7-10-18/h5-11,14H,12-13,15-16H2,1-4H3. The molecule has 0 aliphatic heterocycles. The van der Waals surface area contributed by atoms with Gasteiger partial charge < -0.3 is 14.2 Å². The van der Waals surface area contributed by atoms with Crippen LogP contribution in [-0.2, 0) is 22.6 Å². The Morgan fingerprint density at radius 2 is 1.73 bits per heavy atom. The Kier molecular flexibility index (Phi) is 6.61. The molecule has 1 aromatic carbocycles. The van der Waals surface area contributed by atoms with Crippen LogP contribution in [0.1, 0.15) is 39.0 Å². The molecule has 1 aromatic heterocycles. The minimum absolute atomic E-state index is 0.0638. The third-order valence-electron chi connectivity index (χ3n) is 4.28. The monoisotopic (exact) mass is 356 g/mol. The molecule has 0 bridgehead atoms. The van der Waals surface area contributed by atoms with E-state index in [9.17, 15) is 9.59 Å². The third-order valence-corrected chi connectivity index (χ3v) is 4.28. The molecule has 0 spiro atoms. The smallest absolute Gasteiger partial charge is 0.242 e. The van der Waals surface area contributed by atoms with E-state index in [1.807, 2.05) is 63.2 Å². The number of benzene rings is 1. The van der Waals surface area contributed by atoms with Crippen LogP contribution in [0.2, 0.25) is 0 Å². The van der Waals surface area contributed by atoms with Gasteiger partial charge in [-0.1, -0.05) is 30.3 Å². The van der Waals surface area contributed by atoms with Gasteiger partial charge in [0.15, 0.2) is 0 Å². The highest BCUT2D eigenvalue weighted by atomic mass is 16.3. The number of hydrogen-bond donors (Lipinski definition) is 0. The van der Waals surface area contributed by atoms with Crippen molar-refractivity contribution < 1.29 is 14.0 Å². The van der Waals surface area contributed by atoms with Crippen LogP contribution >= 0.6 is 0 Å². The van der Waals surface area contributed by atoms with Crippen molar-refractivity contribution in [2.24, 2.45) is 0 Å². The molecule has 2 aromatic rings. The highest BCUT2D eigenvalue weighted by Crippen LogP contribution is 2.15. The average Bonchev–Trinajstić information content (AvgIpc) is 3.09. The first-order chi connectivity index (χ1) is 12.3. The van der Waals surface area contributed by atoms with Crippen molar-refractivity contribution in [3.8, 4) is 0 Å². The largest absolute Gasteiger partial charge is 0.467 e. The van der Waals surface area contributed by atoms with Gasteiger partial charge >= 0.3 is 0 Å². The number of amides is 2. The lowest BCUT2D eigenvalue weighted by molar-refractivity contribution is -0.143. The van der Waals surface area contributed by atoms with Crippen LogP contribution in [0.3, 0.4) is 0 Å². The van der Waals surface area contributed by atoms with Crippen LogP contribution in [0.5, 0.6) is 0 Å². The molecule has 2 amide bonds. The van der Waals surface area contributed by atoms with E-state index >= 15 is 0 Å². The second kappa shape index (κ2) is 8.70. The summed E-state index contributed by atoms with van der Waals surface area (Å²) < 4.78 is 5.41. The van der Waals surface area contributed by atoms with Gasteiger partial charge in [0.25, 0.3) is 0 Å². The lowest BCUT2D eigenvalue weighted by atomic mass is 10.1. The first-order valence-corrected chi connectivity index (χ1v) is 8.89. The summed E-state index contributed by atoms with van der Waals surface area (Å²) in [5.74, 6) is 0.547. The molecule has 0 aliphatic rings. The maximum Gasteiger partial charge on any atom is 0.242 e. The zero-order valence-electron chi connectivity index (χ0n) is 16.1. The lowest BCUT2D eigenvalue weighted by Crippen LogP contribution is -2.50. The fourth-order valence-corrected chi connectivity index (χ4v) is 2.85. The molecule has 5 heteroatoms. The van der Waals surface area contributed by atoms with Gasteiger partial charge in [-0.25, -0.2) is 0 Å². The Morgan fingerprint density at radius 3 is 2.27 bits per heavy atom. The minimum Gasteiger partial charge on any atom is -0.467 e.